The molecule has 0 unspecified atom stereocenters. The molecule has 21 heavy (non-hydrogen) atoms. The van der Waals surface area contributed by atoms with Crippen LogP contribution >= 0.6 is 15.9 Å². The zero-order valence-electron chi connectivity index (χ0n) is 11.3. The highest BCUT2D eigenvalue weighted by Crippen LogP contribution is 2.22. The number of carbonyl (C=O) groups is 2. The van der Waals surface area contributed by atoms with Crippen molar-refractivity contribution in [2.24, 2.45) is 0 Å². The van der Waals surface area contributed by atoms with E-state index >= 15 is 0 Å². The summed E-state index contributed by atoms with van der Waals surface area (Å²) >= 11 is 3.35. The van der Waals surface area contributed by atoms with E-state index in [1.54, 1.807) is 42.6 Å². The van der Waals surface area contributed by atoms with Gasteiger partial charge in [0.1, 0.15) is 12.3 Å². The number of halogens is 1. The number of pyridine rings is 1. The van der Waals surface area contributed by atoms with Crippen molar-refractivity contribution >= 4 is 33.5 Å². The fourth-order valence-corrected chi connectivity index (χ4v) is 2.07. The van der Waals surface area contributed by atoms with Gasteiger partial charge in [0.2, 0.25) is 0 Å². The van der Waals surface area contributed by atoms with E-state index < -0.39 is 0 Å². The maximum atomic E-state index is 12.1. The Bertz CT molecular complexity index is 659. The molecule has 2 rings (SSSR count). The van der Waals surface area contributed by atoms with Gasteiger partial charge in [-0.15, -0.1) is 0 Å². The fraction of sp³-hybridized carbons (Fsp3) is 0.133. The van der Waals surface area contributed by atoms with E-state index in [0.717, 1.165) is 4.47 Å². The lowest BCUT2D eigenvalue weighted by Crippen LogP contribution is -2.15. The maximum absolute atomic E-state index is 12.1. The largest absolute Gasteiger partial charge is 0.461 e. The van der Waals surface area contributed by atoms with E-state index in [2.05, 4.69) is 26.2 Å². The molecule has 0 radical (unpaired) electrons. The summed E-state index contributed by atoms with van der Waals surface area (Å²) in [6, 6.07) is 10.4. The highest BCUT2D eigenvalue weighted by molar-refractivity contribution is 9.10. The second-order valence-electron chi connectivity index (χ2n) is 4.25. The Morgan fingerprint density at radius 1 is 1.29 bits per heavy atom. The first kappa shape index (κ1) is 15.2. The molecule has 6 heteroatoms. The Kier molecular flexibility index (Phi) is 5.05. The van der Waals surface area contributed by atoms with Crippen molar-refractivity contribution in [2.45, 2.75) is 13.5 Å². The fourth-order valence-electron chi connectivity index (χ4n) is 1.67. The molecule has 0 bridgehead atoms. The molecule has 1 aromatic heterocycles. The zero-order chi connectivity index (χ0) is 15.2. The third-order valence-corrected chi connectivity index (χ3v) is 3.14. The minimum Gasteiger partial charge on any atom is -0.461 e. The highest BCUT2D eigenvalue weighted by Gasteiger charge is 2.11. The van der Waals surface area contributed by atoms with E-state index in [9.17, 15) is 9.59 Å². The van der Waals surface area contributed by atoms with Crippen molar-refractivity contribution < 1.29 is 14.3 Å². The van der Waals surface area contributed by atoms with Crippen molar-refractivity contribution in [3.05, 3.63) is 58.3 Å². The molecule has 0 spiro atoms. The summed E-state index contributed by atoms with van der Waals surface area (Å²) in [5.41, 5.74) is 1.60. The third kappa shape index (κ3) is 4.39. The monoisotopic (exact) mass is 348 g/mol. The first-order valence-electron chi connectivity index (χ1n) is 6.20. The van der Waals surface area contributed by atoms with E-state index in [-0.39, 0.29) is 18.5 Å². The van der Waals surface area contributed by atoms with Crippen LogP contribution in [0, 0.1) is 0 Å². The molecule has 0 aliphatic heterocycles. The van der Waals surface area contributed by atoms with E-state index in [0.29, 0.717) is 16.9 Å². The van der Waals surface area contributed by atoms with Crippen molar-refractivity contribution in [1.29, 1.82) is 0 Å². The van der Waals surface area contributed by atoms with Crippen LogP contribution in [0.1, 0.15) is 23.0 Å². The quantitative estimate of drug-likeness (QED) is 0.861. The van der Waals surface area contributed by atoms with E-state index in [1.165, 1.54) is 6.92 Å². The second-order valence-corrected chi connectivity index (χ2v) is 5.17. The summed E-state index contributed by atoms with van der Waals surface area (Å²) in [7, 11) is 0. The van der Waals surface area contributed by atoms with Gasteiger partial charge in [-0.25, -0.2) is 0 Å². The molecule has 0 aliphatic carbocycles. The number of amides is 1. The Balaban J connectivity index is 2.19. The van der Waals surface area contributed by atoms with Crippen LogP contribution in [0.3, 0.4) is 0 Å². The van der Waals surface area contributed by atoms with Crippen LogP contribution in [0.2, 0.25) is 0 Å². The van der Waals surface area contributed by atoms with Crippen molar-refractivity contribution in [3.8, 4) is 0 Å². The lowest BCUT2D eigenvalue weighted by molar-refractivity contribution is -0.142. The molecular weight excluding hydrogens is 336 g/mol. The average molecular weight is 349 g/mol. The molecule has 1 N–H and O–H groups in total. The number of nitrogens with zero attached hydrogens (tertiary/aromatic N) is 1. The molecule has 1 amide bonds. The number of nitrogens with one attached hydrogen (secondary N) is 1. The molecule has 0 saturated heterocycles. The number of benzene rings is 1. The topological polar surface area (TPSA) is 68.3 Å². The number of carbonyl (C=O) groups excluding carboxylic acids is 2. The van der Waals surface area contributed by atoms with Gasteiger partial charge in [0, 0.05) is 28.8 Å². The number of rotatable bonds is 4. The van der Waals surface area contributed by atoms with Crippen LogP contribution in [0.5, 0.6) is 0 Å². The number of ether oxygens (including phenoxy) is 1. The van der Waals surface area contributed by atoms with Gasteiger partial charge < -0.3 is 10.1 Å². The van der Waals surface area contributed by atoms with Crippen LogP contribution in [-0.2, 0) is 16.1 Å². The molecule has 108 valence electrons. The van der Waals surface area contributed by atoms with E-state index in [1.807, 2.05) is 0 Å². The van der Waals surface area contributed by atoms with Crippen molar-refractivity contribution in [2.75, 3.05) is 5.32 Å². The number of hydrogen-bond acceptors (Lipinski definition) is 4. The minimum absolute atomic E-state index is 0.0899. The van der Waals surface area contributed by atoms with Crippen LogP contribution in [-0.4, -0.2) is 16.9 Å². The predicted octanol–water partition coefficient (Wildman–Crippen LogP) is 3.16. The molecule has 1 aromatic carbocycles. The first-order chi connectivity index (χ1) is 10.1. The Morgan fingerprint density at radius 3 is 2.76 bits per heavy atom. The zero-order valence-corrected chi connectivity index (χ0v) is 12.9. The number of hydrogen-bond donors (Lipinski definition) is 1. The third-order valence-electron chi connectivity index (χ3n) is 2.64. The summed E-state index contributed by atoms with van der Waals surface area (Å²) in [6.07, 6.45) is 1.55. The Labute approximate surface area is 130 Å². The molecule has 1 heterocycles. The summed E-state index contributed by atoms with van der Waals surface area (Å²) in [4.78, 5) is 27.0. The van der Waals surface area contributed by atoms with Crippen molar-refractivity contribution in [3.63, 3.8) is 0 Å². The smallest absolute Gasteiger partial charge is 0.302 e. The summed E-state index contributed by atoms with van der Waals surface area (Å²) < 4.78 is 5.82. The summed E-state index contributed by atoms with van der Waals surface area (Å²) in [5, 5.41) is 2.76. The summed E-state index contributed by atoms with van der Waals surface area (Å²) in [6.45, 7) is 1.43. The van der Waals surface area contributed by atoms with Gasteiger partial charge in [0.05, 0.1) is 0 Å². The Hall–Kier alpha value is -2.21. The van der Waals surface area contributed by atoms with Gasteiger partial charge >= 0.3 is 5.97 Å². The number of aromatic nitrogens is 1. The second kappa shape index (κ2) is 6.99. The van der Waals surface area contributed by atoms with Gasteiger partial charge in [-0.2, -0.15) is 0 Å². The maximum Gasteiger partial charge on any atom is 0.302 e. The molecule has 2 aromatic rings. The van der Waals surface area contributed by atoms with Gasteiger partial charge in [0.15, 0.2) is 0 Å². The molecule has 0 saturated carbocycles. The predicted molar refractivity (Wildman–Crippen MR) is 81.8 cm³/mol. The number of anilines is 1. The molecule has 5 nitrogen and oxygen atoms in total. The SMILES string of the molecule is CC(=O)OCc1cc(Br)ccc1NC(=O)c1ccccn1. The van der Waals surface area contributed by atoms with Crippen LogP contribution in [0.25, 0.3) is 0 Å². The van der Waals surface area contributed by atoms with Crippen molar-refractivity contribution in [1.82, 2.24) is 4.98 Å². The van der Waals surface area contributed by atoms with Gasteiger partial charge in [-0.05, 0) is 30.3 Å². The molecule has 0 atom stereocenters. The average Bonchev–Trinajstić information content (AvgIpc) is 2.48. The Morgan fingerprint density at radius 2 is 2.10 bits per heavy atom. The van der Waals surface area contributed by atoms with Crippen LogP contribution in [0.4, 0.5) is 5.69 Å². The molecule has 0 aliphatic rings. The molecule has 0 fully saturated rings. The van der Waals surface area contributed by atoms with Gasteiger partial charge in [0.25, 0.3) is 5.91 Å². The highest BCUT2D eigenvalue weighted by atomic mass is 79.9. The first-order valence-corrected chi connectivity index (χ1v) is 7.00. The standard InChI is InChI=1S/C15H13BrN2O3/c1-10(19)21-9-11-8-12(16)5-6-13(11)18-15(20)14-4-2-3-7-17-14/h2-8H,9H2,1H3,(H,18,20). The normalized spacial score (nSPS) is 10.0. The minimum atomic E-state index is -0.378. The van der Waals surface area contributed by atoms with Crippen LogP contribution < -0.4 is 5.32 Å². The lowest BCUT2D eigenvalue weighted by Gasteiger charge is -2.11. The lowest BCUT2D eigenvalue weighted by atomic mass is 10.2. The number of esters is 1. The van der Waals surface area contributed by atoms with E-state index in [4.69, 9.17) is 4.74 Å². The van der Waals surface area contributed by atoms with Gasteiger partial charge in [-0.3, -0.25) is 14.6 Å². The van der Waals surface area contributed by atoms with Crippen LogP contribution in [0.15, 0.2) is 47.1 Å². The molecular formula is C15H13BrN2O3. The van der Waals surface area contributed by atoms with Gasteiger partial charge in [-0.1, -0.05) is 22.0 Å². The summed E-state index contributed by atoms with van der Waals surface area (Å²) in [5.74, 6) is -0.695.